The SMILES string of the molecule is N#Cc1cccc(-c2ccc(-c3nc(-c4ccccc4)nc(-c4ccc5c(c4)oc4cncc(-c6cccc(-c7ccccc7)c6)c45)n3)nc2)c1. The molecular weight excluding hydrogens is 629 g/mol. The molecule has 0 aliphatic rings. The van der Waals surface area contributed by atoms with Gasteiger partial charge >= 0.3 is 0 Å². The van der Waals surface area contributed by atoms with Crippen LogP contribution in [0.1, 0.15) is 5.56 Å². The zero-order valence-corrected chi connectivity index (χ0v) is 27.1. The van der Waals surface area contributed by atoms with Crippen LogP contribution in [-0.2, 0) is 0 Å². The lowest BCUT2D eigenvalue weighted by molar-refractivity contribution is 0.667. The van der Waals surface area contributed by atoms with Crippen molar-refractivity contribution in [1.29, 1.82) is 5.26 Å². The average molecular weight is 655 g/mol. The predicted octanol–water partition coefficient (Wildman–Crippen LogP) is 10.4. The normalized spacial score (nSPS) is 11.1. The second-order valence-electron chi connectivity index (χ2n) is 12.1. The monoisotopic (exact) mass is 654 g/mol. The van der Waals surface area contributed by atoms with Gasteiger partial charge in [-0.05, 0) is 58.7 Å². The Morgan fingerprint density at radius 3 is 1.90 bits per heavy atom. The van der Waals surface area contributed by atoms with Crippen molar-refractivity contribution in [2.24, 2.45) is 0 Å². The van der Waals surface area contributed by atoms with Crippen molar-refractivity contribution >= 4 is 21.9 Å². The fraction of sp³-hybridized carbons (Fsp3) is 0. The molecule has 0 spiro atoms. The van der Waals surface area contributed by atoms with Gasteiger partial charge in [-0.3, -0.25) is 9.97 Å². The molecule has 0 bridgehead atoms. The van der Waals surface area contributed by atoms with Gasteiger partial charge in [0.15, 0.2) is 23.1 Å². The quantitative estimate of drug-likeness (QED) is 0.176. The van der Waals surface area contributed by atoms with E-state index < -0.39 is 0 Å². The van der Waals surface area contributed by atoms with E-state index in [0.29, 0.717) is 39.9 Å². The third-order valence-corrected chi connectivity index (χ3v) is 8.91. The summed E-state index contributed by atoms with van der Waals surface area (Å²) in [4.78, 5) is 23.9. The summed E-state index contributed by atoms with van der Waals surface area (Å²) in [6.07, 6.45) is 5.44. The number of nitrogens with zero attached hydrogens (tertiary/aromatic N) is 6. The van der Waals surface area contributed by atoms with Gasteiger partial charge in [-0.15, -0.1) is 0 Å². The number of fused-ring (bicyclic) bond motifs is 3. The van der Waals surface area contributed by atoms with Gasteiger partial charge in [0.1, 0.15) is 11.3 Å². The van der Waals surface area contributed by atoms with Crippen LogP contribution >= 0.6 is 0 Å². The zero-order valence-electron chi connectivity index (χ0n) is 27.1. The molecule has 0 unspecified atom stereocenters. The number of nitriles is 1. The fourth-order valence-electron chi connectivity index (χ4n) is 6.38. The van der Waals surface area contributed by atoms with Gasteiger partial charge in [-0.2, -0.15) is 5.26 Å². The van der Waals surface area contributed by atoms with E-state index >= 15 is 0 Å². The van der Waals surface area contributed by atoms with Crippen LogP contribution in [0.5, 0.6) is 0 Å². The molecule has 0 fully saturated rings. The summed E-state index contributed by atoms with van der Waals surface area (Å²) in [7, 11) is 0. The largest absolute Gasteiger partial charge is 0.454 e. The van der Waals surface area contributed by atoms with Gasteiger partial charge in [0.2, 0.25) is 0 Å². The van der Waals surface area contributed by atoms with E-state index in [9.17, 15) is 5.26 Å². The lowest BCUT2D eigenvalue weighted by Gasteiger charge is -2.09. The van der Waals surface area contributed by atoms with Gasteiger partial charge in [0.25, 0.3) is 0 Å². The topological polar surface area (TPSA) is 101 Å². The molecule has 4 heterocycles. The molecule has 5 aromatic carbocycles. The molecule has 7 nitrogen and oxygen atoms in total. The first kappa shape index (κ1) is 29.8. The molecule has 0 saturated carbocycles. The minimum Gasteiger partial charge on any atom is -0.454 e. The first-order valence-electron chi connectivity index (χ1n) is 16.5. The molecule has 0 N–H and O–H groups in total. The summed E-state index contributed by atoms with van der Waals surface area (Å²) >= 11 is 0. The van der Waals surface area contributed by atoms with Crippen LogP contribution < -0.4 is 0 Å². The number of rotatable bonds is 6. The maximum Gasteiger partial charge on any atom is 0.182 e. The van der Waals surface area contributed by atoms with Crippen molar-refractivity contribution in [1.82, 2.24) is 24.9 Å². The van der Waals surface area contributed by atoms with Crippen LogP contribution in [0.4, 0.5) is 0 Å². The molecule has 4 aromatic heterocycles. The summed E-state index contributed by atoms with van der Waals surface area (Å²) in [5, 5.41) is 11.3. The van der Waals surface area contributed by atoms with Crippen molar-refractivity contribution in [3.8, 4) is 73.7 Å². The number of hydrogen-bond acceptors (Lipinski definition) is 7. The Balaban J connectivity index is 1.13. The van der Waals surface area contributed by atoms with Gasteiger partial charge < -0.3 is 4.42 Å². The Bertz CT molecular complexity index is 2750. The van der Waals surface area contributed by atoms with E-state index in [0.717, 1.165) is 55.3 Å². The van der Waals surface area contributed by atoms with E-state index in [-0.39, 0.29) is 0 Å². The van der Waals surface area contributed by atoms with Crippen molar-refractivity contribution in [2.75, 3.05) is 0 Å². The van der Waals surface area contributed by atoms with Crippen molar-refractivity contribution in [3.63, 3.8) is 0 Å². The fourth-order valence-corrected chi connectivity index (χ4v) is 6.38. The molecule has 9 rings (SSSR count). The predicted molar refractivity (Wildman–Crippen MR) is 200 cm³/mol. The molecular formula is C44H26N6O. The van der Waals surface area contributed by atoms with Crippen LogP contribution in [0.25, 0.3) is 89.6 Å². The first-order valence-corrected chi connectivity index (χ1v) is 16.5. The van der Waals surface area contributed by atoms with Gasteiger partial charge in [-0.1, -0.05) is 103 Å². The average Bonchev–Trinajstić information content (AvgIpc) is 3.60. The van der Waals surface area contributed by atoms with Crippen LogP contribution in [0.15, 0.2) is 163 Å². The van der Waals surface area contributed by atoms with Crippen molar-refractivity contribution in [3.05, 3.63) is 164 Å². The maximum atomic E-state index is 9.34. The maximum absolute atomic E-state index is 9.34. The molecule has 0 saturated heterocycles. The third kappa shape index (κ3) is 5.67. The Morgan fingerprint density at radius 2 is 1.14 bits per heavy atom. The third-order valence-electron chi connectivity index (χ3n) is 8.91. The second-order valence-corrected chi connectivity index (χ2v) is 12.1. The van der Waals surface area contributed by atoms with E-state index in [4.69, 9.17) is 24.4 Å². The van der Waals surface area contributed by atoms with Crippen LogP contribution in [0.2, 0.25) is 0 Å². The highest BCUT2D eigenvalue weighted by Gasteiger charge is 2.18. The van der Waals surface area contributed by atoms with E-state index in [1.54, 1.807) is 18.5 Å². The van der Waals surface area contributed by atoms with Crippen LogP contribution in [-0.4, -0.2) is 24.9 Å². The summed E-state index contributed by atoms with van der Waals surface area (Å²) in [5.41, 5.74) is 10.4. The minimum atomic E-state index is 0.450. The summed E-state index contributed by atoms with van der Waals surface area (Å²) in [6.45, 7) is 0. The molecule has 0 aliphatic heterocycles. The molecule has 0 amide bonds. The molecule has 0 aliphatic carbocycles. The van der Waals surface area contributed by atoms with E-state index in [1.165, 1.54) is 0 Å². The van der Waals surface area contributed by atoms with Gasteiger partial charge in [0.05, 0.1) is 17.8 Å². The lowest BCUT2D eigenvalue weighted by atomic mass is 9.97. The zero-order chi connectivity index (χ0) is 34.1. The highest BCUT2D eigenvalue weighted by molar-refractivity contribution is 6.12. The second kappa shape index (κ2) is 12.6. The molecule has 7 heteroatoms. The Hall–Kier alpha value is -7.30. The Labute approximate surface area is 293 Å². The summed E-state index contributed by atoms with van der Waals surface area (Å²) in [6, 6.07) is 48.3. The number of hydrogen-bond donors (Lipinski definition) is 0. The molecule has 51 heavy (non-hydrogen) atoms. The Kier molecular flexibility index (Phi) is 7.38. The molecule has 9 aromatic rings. The van der Waals surface area contributed by atoms with E-state index in [2.05, 4.69) is 65.7 Å². The highest BCUT2D eigenvalue weighted by Crippen LogP contribution is 2.38. The van der Waals surface area contributed by atoms with Crippen molar-refractivity contribution < 1.29 is 4.42 Å². The smallest absolute Gasteiger partial charge is 0.182 e. The summed E-state index contributed by atoms with van der Waals surface area (Å²) < 4.78 is 6.43. The highest BCUT2D eigenvalue weighted by atomic mass is 16.3. The molecule has 238 valence electrons. The van der Waals surface area contributed by atoms with Crippen molar-refractivity contribution in [2.45, 2.75) is 0 Å². The molecule has 0 radical (unpaired) electrons. The number of aromatic nitrogens is 5. The van der Waals surface area contributed by atoms with Crippen LogP contribution in [0, 0.1) is 11.3 Å². The van der Waals surface area contributed by atoms with Gasteiger partial charge in [0, 0.05) is 45.4 Å². The Morgan fingerprint density at radius 1 is 0.471 bits per heavy atom. The number of benzene rings is 5. The number of pyridine rings is 2. The first-order chi connectivity index (χ1) is 25.2. The van der Waals surface area contributed by atoms with Gasteiger partial charge in [-0.25, -0.2) is 15.0 Å². The minimum absolute atomic E-state index is 0.450. The molecule has 0 atom stereocenters. The standard InChI is InChI=1S/C44H26N6O/c45-24-28-9-7-14-31(21-28)35-18-20-38(47-25-35)44-49-42(30-12-5-2-6-13-30)48-43(50-44)34-17-19-36-39(23-34)51-40-27-46-26-37(41(36)40)33-16-8-15-32(22-33)29-10-3-1-4-11-29/h1-23,25-27H. The lowest BCUT2D eigenvalue weighted by Crippen LogP contribution is -2.01. The number of furan rings is 1. The van der Waals surface area contributed by atoms with E-state index in [1.807, 2.05) is 85.1 Å². The summed E-state index contributed by atoms with van der Waals surface area (Å²) in [5.74, 6) is 1.49. The van der Waals surface area contributed by atoms with Crippen LogP contribution in [0.3, 0.4) is 0 Å².